The fourth-order valence-electron chi connectivity index (χ4n) is 1.97. The van der Waals surface area contributed by atoms with Crippen LogP contribution in [-0.4, -0.2) is 33.9 Å². The van der Waals surface area contributed by atoms with Crippen LogP contribution in [0.2, 0.25) is 0 Å². The number of aromatic carboxylic acids is 1. The van der Waals surface area contributed by atoms with E-state index in [0.29, 0.717) is 0 Å². The van der Waals surface area contributed by atoms with Crippen molar-refractivity contribution in [2.45, 2.75) is 19.5 Å². The molecule has 7 heteroatoms. The number of amides is 1. The van der Waals surface area contributed by atoms with E-state index in [-0.39, 0.29) is 24.2 Å². The van der Waals surface area contributed by atoms with E-state index in [2.05, 4.69) is 10.4 Å². The highest BCUT2D eigenvalue weighted by molar-refractivity contribution is 5.85. The Balaban J connectivity index is 1.93. The maximum absolute atomic E-state index is 12.0. The van der Waals surface area contributed by atoms with Gasteiger partial charge in [0.2, 0.25) is 5.91 Å². The molecule has 0 saturated heterocycles. The normalized spacial score (nSPS) is 11.7. The van der Waals surface area contributed by atoms with Gasteiger partial charge < -0.3 is 15.2 Å². The van der Waals surface area contributed by atoms with Gasteiger partial charge in [-0.05, 0) is 30.7 Å². The van der Waals surface area contributed by atoms with E-state index in [9.17, 15) is 9.59 Å². The van der Waals surface area contributed by atoms with Gasteiger partial charge in [-0.2, -0.15) is 5.10 Å². The summed E-state index contributed by atoms with van der Waals surface area (Å²) in [6.07, 6.45) is 1.46. The van der Waals surface area contributed by atoms with Gasteiger partial charge in [0.05, 0.1) is 13.2 Å². The van der Waals surface area contributed by atoms with E-state index < -0.39 is 5.97 Å². The third-order valence-corrected chi connectivity index (χ3v) is 3.16. The number of aromatic nitrogens is 2. The maximum Gasteiger partial charge on any atom is 0.356 e. The number of nitrogens with one attached hydrogen (secondary N) is 1. The summed E-state index contributed by atoms with van der Waals surface area (Å²) in [6.45, 7) is 1.83. The summed E-state index contributed by atoms with van der Waals surface area (Å²) < 4.78 is 6.37. The molecule has 1 aromatic carbocycles. The number of hydrogen-bond donors (Lipinski definition) is 2. The first kappa shape index (κ1) is 15.6. The molecule has 0 aliphatic heterocycles. The molecule has 1 amide bonds. The molecule has 0 aliphatic carbocycles. The Bertz CT molecular complexity index is 664. The summed E-state index contributed by atoms with van der Waals surface area (Å²) in [4.78, 5) is 22.7. The summed E-state index contributed by atoms with van der Waals surface area (Å²) >= 11 is 0. The van der Waals surface area contributed by atoms with Gasteiger partial charge >= 0.3 is 5.97 Å². The van der Waals surface area contributed by atoms with Crippen LogP contribution in [0.5, 0.6) is 5.75 Å². The van der Waals surface area contributed by atoms with Crippen molar-refractivity contribution < 1.29 is 19.4 Å². The molecule has 0 aliphatic rings. The predicted octanol–water partition coefficient (Wildman–Crippen LogP) is 1.47. The van der Waals surface area contributed by atoms with E-state index in [1.165, 1.54) is 16.9 Å². The largest absolute Gasteiger partial charge is 0.497 e. The SMILES string of the molecule is COc1ccc(C(C)NC(=O)Cn2ccc(C(=O)O)n2)cc1. The molecule has 1 aromatic heterocycles. The molecule has 1 heterocycles. The summed E-state index contributed by atoms with van der Waals surface area (Å²) in [5.74, 6) is -0.617. The highest BCUT2D eigenvalue weighted by Crippen LogP contribution is 2.17. The van der Waals surface area contributed by atoms with Crippen LogP contribution in [0.25, 0.3) is 0 Å². The number of hydrogen-bond acceptors (Lipinski definition) is 4. The Kier molecular flexibility index (Phi) is 4.77. The van der Waals surface area contributed by atoms with E-state index >= 15 is 0 Å². The van der Waals surface area contributed by atoms with Gasteiger partial charge in [-0.1, -0.05) is 12.1 Å². The molecule has 0 spiro atoms. The van der Waals surface area contributed by atoms with Crippen molar-refractivity contribution in [2.75, 3.05) is 7.11 Å². The lowest BCUT2D eigenvalue weighted by Gasteiger charge is -2.14. The zero-order chi connectivity index (χ0) is 16.1. The monoisotopic (exact) mass is 303 g/mol. The van der Waals surface area contributed by atoms with Crippen LogP contribution < -0.4 is 10.1 Å². The first-order chi connectivity index (χ1) is 10.5. The lowest BCUT2D eigenvalue weighted by molar-refractivity contribution is -0.122. The second-order valence-electron chi connectivity index (χ2n) is 4.77. The topological polar surface area (TPSA) is 93.5 Å². The van der Waals surface area contributed by atoms with Crippen LogP contribution in [0.4, 0.5) is 0 Å². The lowest BCUT2D eigenvalue weighted by Crippen LogP contribution is -2.30. The predicted molar refractivity (Wildman–Crippen MR) is 78.7 cm³/mol. The van der Waals surface area contributed by atoms with E-state index in [0.717, 1.165) is 11.3 Å². The number of ether oxygens (including phenoxy) is 1. The van der Waals surface area contributed by atoms with Crippen LogP contribution in [0, 0.1) is 0 Å². The molecule has 2 aromatic rings. The minimum Gasteiger partial charge on any atom is -0.497 e. The van der Waals surface area contributed by atoms with Crippen LogP contribution in [0.3, 0.4) is 0 Å². The van der Waals surface area contributed by atoms with Crippen LogP contribution in [-0.2, 0) is 11.3 Å². The Morgan fingerprint density at radius 2 is 2.00 bits per heavy atom. The van der Waals surface area contributed by atoms with Gasteiger partial charge in [-0.3, -0.25) is 9.48 Å². The van der Waals surface area contributed by atoms with Crippen molar-refractivity contribution in [3.63, 3.8) is 0 Å². The van der Waals surface area contributed by atoms with Crippen molar-refractivity contribution in [1.82, 2.24) is 15.1 Å². The average molecular weight is 303 g/mol. The van der Waals surface area contributed by atoms with Crippen molar-refractivity contribution in [3.05, 3.63) is 47.8 Å². The molecule has 116 valence electrons. The zero-order valence-electron chi connectivity index (χ0n) is 12.3. The molecule has 0 fully saturated rings. The van der Waals surface area contributed by atoms with Gasteiger partial charge in [-0.15, -0.1) is 0 Å². The molecule has 7 nitrogen and oxygen atoms in total. The standard InChI is InChI=1S/C15H17N3O4/c1-10(11-3-5-12(22-2)6-4-11)16-14(19)9-18-8-7-13(17-18)15(20)21/h3-8,10H,9H2,1-2H3,(H,16,19)(H,20,21). The van der Waals surface area contributed by atoms with Gasteiger partial charge in [0.25, 0.3) is 0 Å². The van der Waals surface area contributed by atoms with Crippen LogP contribution in [0.1, 0.15) is 29.0 Å². The fourth-order valence-corrected chi connectivity index (χ4v) is 1.97. The Morgan fingerprint density at radius 1 is 1.32 bits per heavy atom. The summed E-state index contributed by atoms with van der Waals surface area (Å²) in [5, 5.41) is 15.4. The molecule has 0 saturated carbocycles. The molecule has 22 heavy (non-hydrogen) atoms. The van der Waals surface area contributed by atoms with Crippen molar-refractivity contribution in [2.24, 2.45) is 0 Å². The summed E-state index contributed by atoms with van der Waals surface area (Å²) in [5.41, 5.74) is 0.858. The zero-order valence-corrected chi connectivity index (χ0v) is 12.3. The van der Waals surface area contributed by atoms with Gasteiger partial charge in [0, 0.05) is 6.20 Å². The molecule has 0 bridgehead atoms. The molecular formula is C15H17N3O4. The quantitative estimate of drug-likeness (QED) is 0.843. The molecule has 1 unspecified atom stereocenters. The number of rotatable bonds is 6. The van der Waals surface area contributed by atoms with Crippen LogP contribution in [0.15, 0.2) is 36.5 Å². The number of nitrogens with zero attached hydrogens (tertiary/aromatic N) is 2. The highest BCUT2D eigenvalue weighted by Gasteiger charge is 2.12. The number of carboxylic acid groups (broad SMARTS) is 1. The Morgan fingerprint density at radius 3 is 2.55 bits per heavy atom. The number of carboxylic acids is 1. The van der Waals surface area contributed by atoms with Gasteiger partial charge in [-0.25, -0.2) is 4.79 Å². The molecule has 2 N–H and O–H groups in total. The number of carbonyl (C=O) groups excluding carboxylic acids is 1. The first-order valence-corrected chi connectivity index (χ1v) is 6.69. The van der Waals surface area contributed by atoms with Crippen LogP contribution >= 0.6 is 0 Å². The molecule has 2 rings (SSSR count). The van der Waals surface area contributed by atoms with E-state index in [1.807, 2.05) is 31.2 Å². The molecule has 1 atom stereocenters. The van der Waals surface area contributed by atoms with Crippen molar-refractivity contribution >= 4 is 11.9 Å². The first-order valence-electron chi connectivity index (χ1n) is 6.69. The number of carbonyl (C=O) groups is 2. The van der Waals surface area contributed by atoms with Crippen molar-refractivity contribution in [3.8, 4) is 5.75 Å². The number of methoxy groups -OCH3 is 1. The maximum atomic E-state index is 12.0. The third-order valence-electron chi connectivity index (χ3n) is 3.16. The summed E-state index contributed by atoms with van der Waals surface area (Å²) in [7, 11) is 1.59. The lowest BCUT2D eigenvalue weighted by atomic mass is 10.1. The second kappa shape index (κ2) is 6.75. The average Bonchev–Trinajstić information content (AvgIpc) is 2.95. The van der Waals surface area contributed by atoms with Gasteiger partial charge in [0.15, 0.2) is 5.69 Å². The van der Waals surface area contributed by atoms with E-state index in [1.54, 1.807) is 7.11 Å². The second-order valence-corrected chi connectivity index (χ2v) is 4.77. The minimum absolute atomic E-state index is 0.0340. The molecular weight excluding hydrogens is 286 g/mol. The van der Waals surface area contributed by atoms with Crippen molar-refractivity contribution in [1.29, 1.82) is 0 Å². The van der Waals surface area contributed by atoms with Gasteiger partial charge in [0.1, 0.15) is 12.3 Å². The highest BCUT2D eigenvalue weighted by atomic mass is 16.5. The number of benzene rings is 1. The minimum atomic E-state index is -1.12. The smallest absolute Gasteiger partial charge is 0.356 e. The Labute approximate surface area is 127 Å². The van der Waals surface area contributed by atoms with E-state index in [4.69, 9.17) is 9.84 Å². The third kappa shape index (κ3) is 3.85. The Hall–Kier alpha value is -2.83. The molecule has 0 radical (unpaired) electrons. The fraction of sp³-hybridized carbons (Fsp3) is 0.267. The summed E-state index contributed by atoms with van der Waals surface area (Å²) in [6, 6.07) is 8.58.